The van der Waals surface area contributed by atoms with Crippen LogP contribution in [0.1, 0.15) is 433 Å². The van der Waals surface area contributed by atoms with Gasteiger partial charge >= 0.3 is 39.5 Å². The summed E-state index contributed by atoms with van der Waals surface area (Å²) < 4.78 is 68.7. The monoisotopic (exact) mass is 1480 g/mol. The van der Waals surface area contributed by atoms with Crippen molar-refractivity contribution in [2.75, 3.05) is 39.6 Å². The smallest absolute Gasteiger partial charge is 0.462 e. The van der Waals surface area contributed by atoms with Crippen LogP contribution in [0.15, 0.2) is 0 Å². The van der Waals surface area contributed by atoms with E-state index in [0.717, 1.165) is 108 Å². The van der Waals surface area contributed by atoms with Crippen LogP contribution < -0.4 is 0 Å². The molecule has 0 radical (unpaired) electrons. The summed E-state index contributed by atoms with van der Waals surface area (Å²) in [6.45, 7) is 9.57. The number of ether oxygens (including phenoxy) is 4. The summed E-state index contributed by atoms with van der Waals surface area (Å²) in [4.78, 5) is 73.0. The van der Waals surface area contributed by atoms with Crippen molar-refractivity contribution in [3.8, 4) is 0 Å². The number of unbranched alkanes of at least 4 members (excludes halogenated alkanes) is 50. The van der Waals surface area contributed by atoms with E-state index < -0.39 is 97.5 Å². The Hall–Kier alpha value is -1.94. The average molecular weight is 1480 g/mol. The van der Waals surface area contributed by atoms with E-state index in [0.29, 0.717) is 25.7 Å². The molecule has 0 heterocycles. The summed E-state index contributed by atoms with van der Waals surface area (Å²) in [5.41, 5.74) is 0. The average Bonchev–Trinajstić information content (AvgIpc) is 1.06. The van der Waals surface area contributed by atoms with Gasteiger partial charge in [0.15, 0.2) is 12.2 Å². The fourth-order valence-electron chi connectivity index (χ4n) is 12.7. The Labute approximate surface area is 619 Å². The van der Waals surface area contributed by atoms with Crippen LogP contribution in [0.2, 0.25) is 0 Å². The van der Waals surface area contributed by atoms with E-state index >= 15 is 0 Å². The maximum Gasteiger partial charge on any atom is 0.472 e. The van der Waals surface area contributed by atoms with Crippen molar-refractivity contribution < 1.29 is 80.2 Å². The van der Waals surface area contributed by atoms with Gasteiger partial charge in [0.1, 0.15) is 19.3 Å². The zero-order chi connectivity index (χ0) is 74.2. The first-order valence-corrected chi connectivity index (χ1v) is 45.5. The Bertz CT molecular complexity index is 1940. The molecule has 3 unspecified atom stereocenters. The van der Waals surface area contributed by atoms with Crippen molar-refractivity contribution in [3.05, 3.63) is 0 Å². The molecule has 0 bridgehead atoms. The van der Waals surface area contributed by atoms with Gasteiger partial charge in [0, 0.05) is 25.7 Å². The van der Waals surface area contributed by atoms with Crippen LogP contribution in [0.25, 0.3) is 0 Å². The van der Waals surface area contributed by atoms with Crippen LogP contribution in [0.4, 0.5) is 0 Å². The number of aliphatic hydroxyl groups is 1. The topological polar surface area (TPSA) is 237 Å². The molecule has 0 rings (SSSR count). The minimum Gasteiger partial charge on any atom is -0.462 e. The molecule has 101 heavy (non-hydrogen) atoms. The van der Waals surface area contributed by atoms with Crippen molar-refractivity contribution in [1.82, 2.24) is 0 Å². The molecule has 0 aliphatic rings. The highest BCUT2D eigenvalue weighted by molar-refractivity contribution is 7.47. The van der Waals surface area contributed by atoms with Gasteiger partial charge < -0.3 is 33.8 Å². The lowest BCUT2D eigenvalue weighted by molar-refractivity contribution is -0.161. The second kappa shape index (κ2) is 73.6. The molecule has 17 nitrogen and oxygen atoms in total. The van der Waals surface area contributed by atoms with Crippen molar-refractivity contribution >= 4 is 39.5 Å². The van der Waals surface area contributed by atoms with E-state index in [-0.39, 0.29) is 25.7 Å². The summed E-state index contributed by atoms with van der Waals surface area (Å²) in [6, 6.07) is 0. The molecule has 0 spiro atoms. The SMILES string of the molecule is CCCCCCCCCCCCCCCCCCCCCCCC(=O)O[C@H](COC(=O)CCCCCCCCCCCCCCCCCCCC)COP(=O)(O)OC[C@@H](O)COP(=O)(O)OC[C@@H](COC(=O)CCCCCCCCC(C)CC)OC(=O)CCCCCCCCCCCC(C)C. The number of hydrogen-bond donors (Lipinski definition) is 3. The molecule has 0 aromatic rings. The summed E-state index contributed by atoms with van der Waals surface area (Å²) in [6.07, 6.45) is 64.1. The number of hydrogen-bond acceptors (Lipinski definition) is 15. The van der Waals surface area contributed by atoms with Gasteiger partial charge in [0.25, 0.3) is 0 Å². The maximum absolute atomic E-state index is 13.1. The maximum atomic E-state index is 13.1. The van der Waals surface area contributed by atoms with Gasteiger partial charge in [-0.25, -0.2) is 9.13 Å². The third kappa shape index (κ3) is 74.7. The summed E-state index contributed by atoms with van der Waals surface area (Å²) in [7, 11) is -9.92. The molecule has 0 amide bonds. The third-order valence-electron chi connectivity index (χ3n) is 19.6. The van der Waals surface area contributed by atoms with E-state index in [2.05, 4.69) is 41.5 Å². The molecule has 0 aromatic carbocycles. The Kier molecular flexibility index (Phi) is 72.2. The lowest BCUT2D eigenvalue weighted by Crippen LogP contribution is -2.30. The van der Waals surface area contributed by atoms with Crippen LogP contribution in [0.5, 0.6) is 0 Å². The van der Waals surface area contributed by atoms with Crippen LogP contribution in [0, 0.1) is 11.8 Å². The Morgan fingerprint density at radius 3 is 0.752 bits per heavy atom. The number of phosphoric ester groups is 2. The summed E-state index contributed by atoms with van der Waals surface area (Å²) in [5, 5.41) is 10.6. The predicted molar refractivity (Wildman–Crippen MR) is 414 cm³/mol. The first kappa shape index (κ1) is 99.1. The molecule has 19 heteroatoms. The Morgan fingerprint density at radius 1 is 0.287 bits per heavy atom. The number of phosphoric acid groups is 2. The minimum atomic E-state index is -4.96. The fraction of sp³-hybridized carbons (Fsp3) is 0.951. The highest BCUT2D eigenvalue weighted by Crippen LogP contribution is 2.45. The minimum absolute atomic E-state index is 0.105. The molecular formula is C82H160O17P2. The molecule has 0 aromatic heterocycles. The number of carbonyl (C=O) groups is 4. The molecule has 0 aliphatic carbocycles. The third-order valence-corrected chi connectivity index (χ3v) is 21.5. The number of esters is 4. The number of aliphatic hydroxyl groups excluding tert-OH is 1. The van der Waals surface area contributed by atoms with Gasteiger partial charge in [0.2, 0.25) is 0 Å². The van der Waals surface area contributed by atoms with Crippen LogP contribution in [-0.2, 0) is 65.4 Å². The summed E-state index contributed by atoms with van der Waals surface area (Å²) >= 11 is 0. The first-order chi connectivity index (χ1) is 48.9. The largest absolute Gasteiger partial charge is 0.472 e. The lowest BCUT2D eigenvalue weighted by Gasteiger charge is -2.21. The molecule has 0 saturated heterocycles. The van der Waals surface area contributed by atoms with E-state index in [1.807, 2.05) is 0 Å². The number of carbonyl (C=O) groups excluding carboxylic acids is 4. The molecule has 3 N–H and O–H groups in total. The first-order valence-electron chi connectivity index (χ1n) is 42.5. The molecule has 0 saturated carbocycles. The molecule has 600 valence electrons. The van der Waals surface area contributed by atoms with Crippen molar-refractivity contribution in [2.45, 2.75) is 452 Å². The highest BCUT2D eigenvalue weighted by atomic mass is 31.2. The van der Waals surface area contributed by atoms with E-state index in [4.69, 9.17) is 37.0 Å². The van der Waals surface area contributed by atoms with Crippen molar-refractivity contribution in [2.24, 2.45) is 11.8 Å². The van der Waals surface area contributed by atoms with Gasteiger partial charge in [-0.3, -0.25) is 37.3 Å². The van der Waals surface area contributed by atoms with Crippen molar-refractivity contribution in [3.63, 3.8) is 0 Å². The van der Waals surface area contributed by atoms with Gasteiger partial charge in [0.05, 0.1) is 26.4 Å². The zero-order valence-corrected chi connectivity index (χ0v) is 68.0. The van der Waals surface area contributed by atoms with Crippen LogP contribution >= 0.6 is 15.6 Å². The molecular weight excluding hydrogens is 1320 g/mol. The quantitative estimate of drug-likeness (QED) is 0.0222. The van der Waals surface area contributed by atoms with Gasteiger partial charge in [-0.15, -0.1) is 0 Å². The standard InChI is InChI=1S/C82H160O17P2/c1-7-10-12-14-16-18-20-22-24-26-28-29-30-32-34-36-38-42-46-54-60-66-81(86)98-77(70-92-79(84)64-58-52-45-41-37-35-33-31-27-25-23-21-19-17-15-13-11-8-2)72-96-100(88,89)94-68-76(83)69-95-101(90,91)97-73-78(71-93-80(85)65-59-53-49-48-51-57-63-75(6)9-3)99-82(87)67-61-55-47-43-39-40-44-50-56-62-74(4)5/h74-78,83H,7-73H2,1-6H3,(H,88,89)(H,90,91)/t75?,76-,77-,78-/m1/s1. The van der Waals surface area contributed by atoms with E-state index in [9.17, 15) is 43.2 Å². The van der Waals surface area contributed by atoms with Gasteiger partial charge in [-0.2, -0.15) is 0 Å². The lowest BCUT2D eigenvalue weighted by atomic mass is 10.00. The predicted octanol–water partition coefficient (Wildman–Crippen LogP) is 24.7. The normalized spacial score (nSPS) is 14.2. The number of rotatable bonds is 81. The van der Waals surface area contributed by atoms with E-state index in [1.165, 1.54) is 244 Å². The summed E-state index contributed by atoms with van der Waals surface area (Å²) in [5.74, 6) is -0.644. The Morgan fingerprint density at radius 2 is 0.505 bits per heavy atom. The van der Waals surface area contributed by atoms with Crippen LogP contribution in [-0.4, -0.2) is 96.7 Å². The molecule has 0 fully saturated rings. The van der Waals surface area contributed by atoms with Crippen LogP contribution in [0.3, 0.4) is 0 Å². The van der Waals surface area contributed by atoms with Gasteiger partial charge in [-0.1, -0.05) is 382 Å². The molecule has 0 aliphatic heterocycles. The second-order valence-corrected chi connectivity index (χ2v) is 33.1. The molecule has 6 atom stereocenters. The van der Waals surface area contributed by atoms with Crippen molar-refractivity contribution in [1.29, 1.82) is 0 Å². The fourth-order valence-corrected chi connectivity index (χ4v) is 14.3. The zero-order valence-electron chi connectivity index (χ0n) is 66.2. The highest BCUT2D eigenvalue weighted by Gasteiger charge is 2.30. The van der Waals surface area contributed by atoms with Gasteiger partial charge in [-0.05, 0) is 37.5 Å². The second-order valence-electron chi connectivity index (χ2n) is 30.2. The Balaban J connectivity index is 5.21. The van der Waals surface area contributed by atoms with E-state index in [1.54, 1.807) is 0 Å².